The second-order valence-corrected chi connectivity index (χ2v) is 7.04. The van der Waals surface area contributed by atoms with Gasteiger partial charge in [-0.1, -0.05) is 36.2 Å². The molecule has 1 aromatic rings. The first-order valence-corrected chi connectivity index (χ1v) is 8.84. The number of piperidine rings is 1. The van der Waals surface area contributed by atoms with Crippen LogP contribution in [-0.2, 0) is 4.79 Å². The SMILES string of the molecule is CC(CC(=O)NCC(O)c1c(Cl)cccc1Cl)C1CCNCC1. The molecule has 1 aliphatic rings. The van der Waals surface area contributed by atoms with Gasteiger partial charge in [0.2, 0.25) is 5.91 Å². The molecule has 2 unspecified atom stereocenters. The summed E-state index contributed by atoms with van der Waals surface area (Å²) in [6.07, 6.45) is 1.81. The van der Waals surface area contributed by atoms with E-state index < -0.39 is 6.10 Å². The van der Waals surface area contributed by atoms with E-state index in [1.165, 1.54) is 0 Å². The largest absolute Gasteiger partial charge is 0.386 e. The van der Waals surface area contributed by atoms with E-state index in [0.717, 1.165) is 25.9 Å². The van der Waals surface area contributed by atoms with Gasteiger partial charge in [0.1, 0.15) is 0 Å². The number of hydrogen-bond donors (Lipinski definition) is 3. The Bertz CT molecular complexity index is 513. The summed E-state index contributed by atoms with van der Waals surface area (Å²) in [4.78, 5) is 12.1. The number of halogens is 2. The van der Waals surface area contributed by atoms with Crippen molar-refractivity contribution in [2.45, 2.75) is 32.3 Å². The smallest absolute Gasteiger partial charge is 0.220 e. The molecule has 3 N–H and O–H groups in total. The Hall–Kier alpha value is -0.810. The molecule has 4 nitrogen and oxygen atoms in total. The van der Waals surface area contributed by atoms with E-state index in [1.54, 1.807) is 18.2 Å². The van der Waals surface area contributed by atoms with Gasteiger partial charge in [-0.05, 0) is 49.9 Å². The minimum absolute atomic E-state index is 0.0433. The van der Waals surface area contributed by atoms with E-state index in [1.807, 2.05) is 0 Å². The minimum Gasteiger partial charge on any atom is -0.386 e. The van der Waals surface area contributed by atoms with Crippen LogP contribution in [0.4, 0.5) is 0 Å². The van der Waals surface area contributed by atoms with Crippen molar-refractivity contribution in [2.75, 3.05) is 19.6 Å². The van der Waals surface area contributed by atoms with Gasteiger partial charge in [0.15, 0.2) is 0 Å². The molecular formula is C17H24Cl2N2O2. The Morgan fingerprint density at radius 1 is 1.35 bits per heavy atom. The van der Waals surface area contributed by atoms with Gasteiger partial charge in [-0.2, -0.15) is 0 Å². The van der Waals surface area contributed by atoms with Crippen molar-refractivity contribution in [1.82, 2.24) is 10.6 Å². The molecule has 1 fully saturated rings. The molecule has 1 aliphatic heterocycles. The van der Waals surface area contributed by atoms with Crippen LogP contribution < -0.4 is 10.6 Å². The number of carbonyl (C=O) groups excluding carboxylic acids is 1. The van der Waals surface area contributed by atoms with E-state index in [4.69, 9.17) is 23.2 Å². The fourth-order valence-electron chi connectivity index (χ4n) is 3.09. The molecule has 1 heterocycles. The molecule has 0 bridgehead atoms. The van der Waals surface area contributed by atoms with Gasteiger partial charge in [-0.3, -0.25) is 4.79 Å². The topological polar surface area (TPSA) is 61.4 Å². The zero-order valence-electron chi connectivity index (χ0n) is 13.3. The van der Waals surface area contributed by atoms with Crippen molar-refractivity contribution < 1.29 is 9.90 Å². The third-order valence-electron chi connectivity index (χ3n) is 4.52. The predicted octanol–water partition coefficient (Wildman–Crippen LogP) is 3.17. The van der Waals surface area contributed by atoms with Crippen LogP contribution >= 0.6 is 23.2 Å². The molecule has 128 valence electrons. The third-order valence-corrected chi connectivity index (χ3v) is 5.18. The highest BCUT2D eigenvalue weighted by Gasteiger charge is 2.22. The van der Waals surface area contributed by atoms with Crippen molar-refractivity contribution in [3.63, 3.8) is 0 Å². The monoisotopic (exact) mass is 358 g/mol. The Kier molecular flexibility index (Phi) is 7.15. The lowest BCUT2D eigenvalue weighted by Gasteiger charge is -2.28. The third kappa shape index (κ3) is 5.35. The number of nitrogens with one attached hydrogen (secondary N) is 2. The Balaban J connectivity index is 1.81. The molecule has 1 amide bonds. The zero-order valence-corrected chi connectivity index (χ0v) is 14.8. The van der Waals surface area contributed by atoms with Crippen molar-refractivity contribution in [3.8, 4) is 0 Å². The lowest BCUT2D eigenvalue weighted by atomic mass is 9.84. The summed E-state index contributed by atoms with van der Waals surface area (Å²) in [7, 11) is 0. The maximum absolute atomic E-state index is 12.1. The second kappa shape index (κ2) is 8.88. The van der Waals surface area contributed by atoms with Crippen LogP contribution in [0.5, 0.6) is 0 Å². The van der Waals surface area contributed by atoms with Crippen molar-refractivity contribution in [2.24, 2.45) is 11.8 Å². The van der Waals surface area contributed by atoms with E-state index in [9.17, 15) is 9.90 Å². The summed E-state index contributed by atoms with van der Waals surface area (Å²) in [6.45, 7) is 4.29. The quantitative estimate of drug-likeness (QED) is 0.731. The Labute approximate surface area is 147 Å². The first kappa shape index (κ1) is 18.5. The van der Waals surface area contributed by atoms with Gasteiger partial charge >= 0.3 is 0 Å². The number of amides is 1. The molecule has 2 rings (SSSR count). The average molecular weight is 359 g/mol. The molecular weight excluding hydrogens is 335 g/mol. The highest BCUT2D eigenvalue weighted by Crippen LogP contribution is 2.30. The van der Waals surface area contributed by atoms with Gasteiger partial charge < -0.3 is 15.7 Å². The van der Waals surface area contributed by atoms with Crippen LogP contribution in [0.25, 0.3) is 0 Å². The molecule has 0 radical (unpaired) electrons. The van der Waals surface area contributed by atoms with Gasteiger partial charge in [0, 0.05) is 28.6 Å². The van der Waals surface area contributed by atoms with Crippen molar-refractivity contribution in [1.29, 1.82) is 0 Å². The summed E-state index contributed by atoms with van der Waals surface area (Å²) in [6, 6.07) is 5.07. The second-order valence-electron chi connectivity index (χ2n) is 6.22. The van der Waals surface area contributed by atoms with E-state index in [2.05, 4.69) is 17.6 Å². The summed E-state index contributed by atoms with van der Waals surface area (Å²) in [5.74, 6) is 0.890. The van der Waals surface area contributed by atoms with Crippen LogP contribution in [0, 0.1) is 11.8 Å². The molecule has 6 heteroatoms. The lowest BCUT2D eigenvalue weighted by Crippen LogP contribution is -2.34. The molecule has 1 saturated heterocycles. The van der Waals surface area contributed by atoms with Crippen LogP contribution in [0.3, 0.4) is 0 Å². The van der Waals surface area contributed by atoms with Crippen LogP contribution in [-0.4, -0.2) is 30.6 Å². The fraction of sp³-hybridized carbons (Fsp3) is 0.588. The van der Waals surface area contributed by atoms with E-state index in [-0.39, 0.29) is 12.5 Å². The molecule has 2 atom stereocenters. The van der Waals surface area contributed by atoms with Crippen LogP contribution in [0.2, 0.25) is 10.0 Å². The average Bonchev–Trinajstić information content (AvgIpc) is 2.53. The first-order chi connectivity index (χ1) is 11.0. The van der Waals surface area contributed by atoms with E-state index in [0.29, 0.717) is 33.9 Å². The summed E-state index contributed by atoms with van der Waals surface area (Å²) in [5.41, 5.74) is 0.461. The number of aliphatic hydroxyl groups excluding tert-OH is 1. The zero-order chi connectivity index (χ0) is 16.8. The van der Waals surface area contributed by atoms with E-state index >= 15 is 0 Å². The molecule has 0 aromatic heterocycles. The van der Waals surface area contributed by atoms with Gasteiger partial charge in [-0.15, -0.1) is 0 Å². The number of hydrogen-bond acceptors (Lipinski definition) is 3. The number of aliphatic hydroxyl groups is 1. The Morgan fingerprint density at radius 2 is 1.96 bits per heavy atom. The number of rotatable bonds is 6. The summed E-state index contributed by atoms with van der Waals surface area (Å²) < 4.78 is 0. The van der Waals surface area contributed by atoms with Gasteiger partial charge in [-0.25, -0.2) is 0 Å². The van der Waals surface area contributed by atoms with Crippen molar-refractivity contribution in [3.05, 3.63) is 33.8 Å². The molecule has 23 heavy (non-hydrogen) atoms. The maximum atomic E-state index is 12.1. The molecule has 1 aromatic carbocycles. The number of benzene rings is 1. The predicted molar refractivity (Wildman–Crippen MR) is 93.8 cm³/mol. The van der Waals surface area contributed by atoms with Crippen LogP contribution in [0.15, 0.2) is 18.2 Å². The highest BCUT2D eigenvalue weighted by atomic mass is 35.5. The molecule has 0 saturated carbocycles. The number of carbonyl (C=O) groups is 1. The van der Waals surface area contributed by atoms with Crippen LogP contribution in [0.1, 0.15) is 37.9 Å². The standard InChI is InChI=1S/C17H24Cl2N2O2/c1-11(12-5-7-20-8-6-12)9-16(23)21-10-15(22)17-13(18)3-2-4-14(17)19/h2-4,11-12,15,20,22H,5-10H2,1H3,(H,21,23). The van der Waals surface area contributed by atoms with Crippen molar-refractivity contribution >= 4 is 29.1 Å². The molecule has 0 spiro atoms. The summed E-state index contributed by atoms with van der Waals surface area (Å²) in [5, 5.41) is 17.1. The maximum Gasteiger partial charge on any atom is 0.220 e. The first-order valence-electron chi connectivity index (χ1n) is 8.08. The highest BCUT2D eigenvalue weighted by molar-refractivity contribution is 6.36. The van der Waals surface area contributed by atoms with Gasteiger partial charge in [0.05, 0.1) is 6.10 Å². The Morgan fingerprint density at radius 3 is 2.57 bits per heavy atom. The lowest BCUT2D eigenvalue weighted by molar-refractivity contribution is -0.122. The normalized spacial score (nSPS) is 18.4. The van der Waals surface area contributed by atoms with Gasteiger partial charge in [0.25, 0.3) is 0 Å². The molecule has 0 aliphatic carbocycles. The fourth-order valence-corrected chi connectivity index (χ4v) is 3.74. The minimum atomic E-state index is -0.908. The summed E-state index contributed by atoms with van der Waals surface area (Å²) >= 11 is 12.1.